The zero-order chi connectivity index (χ0) is 9.26. The Bertz CT molecular complexity index is 276. The molecule has 1 aromatic rings. The first-order valence-corrected chi connectivity index (χ1v) is 4.86. The standard InChI is InChI=1S/C9H15N3O/c1-6(10)8-11-12-9(13-8)7-4-2-3-5-7/h6-7H,2-5,10H2,1H3. The first kappa shape index (κ1) is 8.69. The molecular weight excluding hydrogens is 166 g/mol. The lowest BCUT2D eigenvalue weighted by Crippen LogP contribution is -2.04. The van der Waals surface area contributed by atoms with Crippen LogP contribution in [0, 0.1) is 0 Å². The number of aromatic nitrogens is 2. The molecule has 4 heteroatoms. The quantitative estimate of drug-likeness (QED) is 0.754. The van der Waals surface area contributed by atoms with Gasteiger partial charge < -0.3 is 10.2 Å². The largest absolute Gasteiger partial charge is 0.423 e. The van der Waals surface area contributed by atoms with Crippen LogP contribution in [-0.2, 0) is 0 Å². The van der Waals surface area contributed by atoms with Crippen LogP contribution in [0.5, 0.6) is 0 Å². The monoisotopic (exact) mass is 181 g/mol. The van der Waals surface area contributed by atoms with Crippen LogP contribution in [0.2, 0.25) is 0 Å². The maximum atomic E-state index is 5.63. The lowest BCUT2D eigenvalue weighted by molar-refractivity contribution is 0.399. The smallest absolute Gasteiger partial charge is 0.232 e. The van der Waals surface area contributed by atoms with E-state index < -0.39 is 0 Å². The van der Waals surface area contributed by atoms with Crippen molar-refractivity contribution >= 4 is 0 Å². The highest BCUT2D eigenvalue weighted by atomic mass is 16.4. The third kappa shape index (κ3) is 1.72. The van der Waals surface area contributed by atoms with Crippen molar-refractivity contribution in [1.29, 1.82) is 0 Å². The molecule has 1 saturated carbocycles. The fourth-order valence-corrected chi connectivity index (χ4v) is 1.77. The summed E-state index contributed by atoms with van der Waals surface area (Å²) in [6.07, 6.45) is 4.92. The number of hydrogen-bond acceptors (Lipinski definition) is 4. The van der Waals surface area contributed by atoms with Gasteiger partial charge in [0.05, 0.1) is 6.04 Å². The van der Waals surface area contributed by atoms with Crippen molar-refractivity contribution < 1.29 is 4.42 Å². The van der Waals surface area contributed by atoms with E-state index >= 15 is 0 Å². The van der Waals surface area contributed by atoms with Gasteiger partial charge in [0, 0.05) is 5.92 Å². The van der Waals surface area contributed by atoms with Crippen molar-refractivity contribution in [3.63, 3.8) is 0 Å². The summed E-state index contributed by atoms with van der Waals surface area (Å²) in [5.74, 6) is 1.83. The van der Waals surface area contributed by atoms with Crippen molar-refractivity contribution in [2.45, 2.75) is 44.6 Å². The van der Waals surface area contributed by atoms with Gasteiger partial charge in [-0.2, -0.15) is 0 Å². The maximum absolute atomic E-state index is 5.63. The molecule has 0 saturated heterocycles. The molecule has 1 aliphatic carbocycles. The van der Waals surface area contributed by atoms with Gasteiger partial charge in [0.15, 0.2) is 0 Å². The van der Waals surface area contributed by atoms with Gasteiger partial charge >= 0.3 is 0 Å². The van der Waals surface area contributed by atoms with Gasteiger partial charge in [-0.05, 0) is 19.8 Å². The van der Waals surface area contributed by atoms with Crippen LogP contribution >= 0.6 is 0 Å². The lowest BCUT2D eigenvalue weighted by atomic mass is 10.1. The van der Waals surface area contributed by atoms with Gasteiger partial charge in [-0.3, -0.25) is 0 Å². The number of nitrogens with zero attached hydrogens (tertiary/aromatic N) is 2. The van der Waals surface area contributed by atoms with Crippen LogP contribution in [0.4, 0.5) is 0 Å². The maximum Gasteiger partial charge on any atom is 0.232 e. The highest BCUT2D eigenvalue weighted by Gasteiger charge is 2.23. The third-order valence-corrected chi connectivity index (χ3v) is 2.55. The van der Waals surface area contributed by atoms with Gasteiger partial charge in [0.1, 0.15) is 0 Å². The SMILES string of the molecule is CC(N)c1nnc(C2CCCC2)o1. The number of rotatable bonds is 2. The van der Waals surface area contributed by atoms with E-state index in [0.717, 1.165) is 5.89 Å². The predicted octanol–water partition coefficient (Wildman–Crippen LogP) is 1.75. The summed E-state index contributed by atoms with van der Waals surface area (Å²) >= 11 is 0. The molecule has 1 aromatic heterocycles. The first-order chi connectivity index (χ1) is 6.27. The molecule has 1 unspecified atom stereocenters. The summed E-state index contributed by atoms with van der Waals surface area (Å²) in [5.41, 5.74) is 5.63. The molecule has 13 heavy (non-hydrogen) atoms. The minimum atomic E-state index is -0.150. The molecule has 2 N–H and O–H groups in total. The van der Waals surface area contributed by atoms with Gasteiger partial charge in [-0.1, -0.05) is 12.8 Å². The van der Waals surface area contributed by atoms with Crippen LogP contribution < -0.4 is 5.73 Å². The second kappa shape index (κ2) is 3.46. The van der Waals surface area contributed by atoms with E-state index in [4.69, 9.17) is 10.2 Å². The van der Waals surface area contributed by atoms with Crippen molar-refractivity contribution in [3.8, 4) is 0 Å². The van der Waals surface area contributed by atoms with Crippen LogP contribution in [0.3, 0.4) is 0 Å². The molecule has 72 valence electrons. The molecule has 1 heterocycles. The van der Waals surface area contributed by atoms with E-state index in [0.29, 0.717) is 11.8 Å². The van der Waals surface area contributed by atoms with Crippen LogP contribution in [0.1, 0.15) is 56.3 Å². The topological polar surface area (TPSA) is 64.9 Å². The Morgan fingerprint density at radius 2 is 2.08 bits per heavy atom. The van der Waals surface area contributed by atoms with E-state index in [2.05, 4.69) is 10.2 Å². The summed E-state index contributed by atoms with van der Waals surface area (Å²) in [4.78, 5) is 0. The van der Waals surface area contributed by atoms with E-state index in [1.807, 2.05) is 6.92 Å². The Morgan fingerprint density at radius 3 is 2.62 bits per heavy atom. The van der Waals surface area contributed by atoms with Gasteiger partial charge in [0.25, 0.3) is 0 Å². The third-order valence-electron chi connectivity index (χ3n) is 2.55. The predicted molar refractivity (Wildman–Crippen MR) is 48.1 cm³/mol. The zero-order valence-corrected chi connectivity index (χ0v) is 7.86. The van der Waals surface area contributed by atoms with Crippen molar-refractivity contribution in [2.24, 2.45) is 5.73 Å². The summed E-state index contributed by atoms with van der Waals surface area (Å²) in [5, 5.41) is 7.94. The molecule has 0 radical (unpaired) electrons. The van der Waals surface area contributed by atoms with E-state index in [1.165, 1.54) is 25.7 Å². The zero-order valence-electron chi connectivity index (χ0n) is 7.86. The average Bonchev–Trinajstić information content (AvgIpc) is 2.75. The van der Waals surface area contributed by atoms with Crippen molar-refractivity contribution in [1.82, 2.24) is 10.2 Å². The first-order valence-electron chi connectivity index (χ1n) is 4.86. The highest BCUT2D eigenvalue weighted by Crippen LogP contribution is 2.33. The van der Waals surface area contributed by atoms with Gasteiger partial charge in [-0.15, -0.1) is 10.2 Å². The van der Waals surface area contributed by atoms with E-state index in [1.54, 1.807) is 0 Å². The van der Waals surface area contributed by atoms with E-state index in [9.17, 15) is 0 Å². The Kier molecular flexibility index (Phi) is 2.31. The second-order valence-electron chi connectivity index (χ2n) is 3.75. The number of hydrogen-bond donors (Lipinski definition) is 1. The van der Waals surface area contributed by atoms with Crippen molar-refractivity contribution in [3.05, 3.63) is 11.8 Å². The molecule has 0 bridgehead atoms. The minimum absolute atomic E-state index is 0.150. The Hall–Kier alpha value is -0.900. The minimum Gasteiger partial charge on any atom is -0.423 e. The summed E-state index contributed by atoms with van der Waals surface area (Å²) < 4.78 is 5.48. The van der Waals surface area contributed by atoms with Crippen molar-refractivity contribution in [2.75, 3.05) is 0 Å². The molecule has 4 nitrogen and oxygen atoms in total. The summed E-state index contributed by atoms with van der Waals surface area (Å²) in [6.45, 7) is 1.85. The lowest BCUT2D eigenvalue weighted by Gasteiger charge is -2.01. The van der Waals surface area contributed by atoms with E-state index in [-0.39, 0.29) is 6.04 Å². The highest BCUT2D eigenvalue weighted by molar-refractivity contribution is 4.95. The molecule has 2 rings (SSSR count). The fraction of sp³-hybridized carbons (Fsp3) is 0.778. The molecule has 0 spiro atoms. The molecule has 0 aliphatic heterocycles. The van der Waals surface area contributed by atoms with Crippen LogP contribution in [0.25, 0.3) is 0 Å². The van der Waals surface area contributed by atoms with Gasteiger partial charge in [0.2, 0.25) is 11.8 Å². The summed E-state index contributed by atoms with van der Waals surface area (Å²) in [7, 11) is 0. The number of nitrogens with two attached hydrogens (primary N) is 1. The Morgan fingerprint density at radius 1 is 1.38 bits per heavy atom. The molecule has 1 fully saturated rings. The fourth-order valence-electron chi connectivity index (χ4n) is 1.77. The van der Waals surface area contributed by atoms with Gasteiger partial charge in [-0.25, -0.2) is 0 Å². The molecular formula is C9H15N3O. The normalized spacial score (nSPS) is 20.8. The molecule has 1 atom stereocenters. The van der Waals surface area contributed by atoms with Crippen LogP contribution in [0.15, 0.2) is 4.42 Å². The Balaban J connectivity index is 2.12. The van der Waals surface area contributed by atoms with Crippen LogP contribution in [-0.4, -0.2) is 10.2 Å². The molecule has 1 aliphatic rings. The Labute approximate surface area is 77.5 Å². The summed E-state index contributed by atoms with van der Waals surface area (Å²) in [6, 6.07) is -0.150. The second-order valence-corrected chi connectivity index (χ2v) is 3.75. The molecule has 0 aromatic carbocycles. The average molecular weight is 181 g/mol. The molecule has 0 amide bonds.